The van der Waals surface area contributed by atoms with E-state index in [4.69, 9.17) is 5.26 Å². The van der Waals surface area contributed by atoms with E-state index in [1.807, 2.05) is 4.90 Å². The predicted octanol–water partition coefficient (Wildman–Crippen LogP) is -0.938. The van der Waals surface area contributed by atoms with Crippen molar-refractivity contribution in [2.45, 2.75) is 24.9 Å². The van der Waals surface area contributed by atoms with Crippen molar-refractivity contribution in [3.63, 3.8) is 0 Å². The van der Waals surface area contributed by atoms with Crippen molar-refractivity contribution < 1.29 is 4.79 Å². The molecule has 1 atom stereocenters. The van der Waals surface area contributed by atoms with Crippen molar-refractivity contribution in [1.82, 2.24) is 15.5 Å². The molecule has 2 rings (SSSR count). The normalized spacial score (nSPS) is 27.0. The van der Waals surface area contributed by atoms with Gasteiger partial charge in [-0.3, -0.25) is 9.69 Å². The van der Waals surface area contributed by atoms with Crippen LogP contribution in [0.5, 0.6) is 0 Å². The smallest absolute Gasteiger partial charge is 0.234 e. The molecule has 82 valence electrons. The number of nitriles is 1. The Labute approximate surface area is 89.4 Å². The largest absolute Gasteiger partial charge is 0.352 e. The first-order chi connectivity index (χ1) is 7.29. The van der Waals surface area contributed by atoms with E-state index in [0.717, 1.165) is 25.9 Å². The third-order valence-electron chi connectivity index (χ3n) is 2.79. The van der Waals surface area contributed by atoms with Gasteiger partial charge in [-0.25, -0.2) is 0 Å². The molecule has 0 spiro atoms. The summed E-state index contributed by atoms with van der Waals surface area (Å²) in [6, 6.07) is 2.45. The first-order valence-corrected chi connectivity index (χ1v) is 5.43. The molecule has 15 heavy (non-hydrogen) atoms. The van der Waals surface area contributed by atoms with E-state index in [9.17, 15) is 4.79 Å². The van der Waals surface area contributed by atoms with Gasteiger partial charge in [0, 0.05) is 25.7 Å². The molecule has 2 N–H and O–H groups in total. The maximum atomic E-state index is 11.5. The van der Waals surface area contributed by atoms with Gasteiger partial charge in [-0.15, -0.1) is 0 Å². The average Bonchev–Trinajstić information content (AvgIpc) is 3.02. The summed E-state index contributed by atoms with van der Waals surface area (Å²) < 4.78 is 0. The van der Waals surface area contributed by atoms with Gasteiger partial charge < -0.3 is 10.6 Å². The summed E-state index contributed by atoms with van der Waals surface area (Å²) in [5.74, 6) is 0.0552. The van der Waals surface area contributed by atoms with Crippen LogP contribution in [0.1, 0.15) is 12.8 Å². The highest BCUT2D eigenvalue weighted by molar-refractivity contribution is 5.78. The second-order valence-corrected chi connectivity index (χ2v) is 4.16. The zero-order valence-corrected chi connectivity index (χ0v) is 8.70. The number of amides is 1. The van der Waals surface area contributed by atoms with Crippen LogP contribution >= 0.6 is 0 Å². The number of carbonyl (C=O) groups is 1. The zero-order chi connectivity index (χ0) is 10.7. The summed E-state index contributed by atoms with van der Waals surface area (Å²) in [5, 5.41) is 15.0. The Morgan fingerprint density at radius 2 is 2.40 bits per heavy atom. The fraction of sp³-hybridized carbons (Fsp3) is 0.800. The Morgan fingerprint density at radius 1 is 1.60 bits per heavy atom. The van der Waals surface area contributed by atoms with Crippen LogP contribution in [0.2, 0.25) is 0 Å². The number of rotatable bonds is 3. The van der Waals surface area contributed by atoms with Gasteiger partial charge in [0.2, 0.25) is 5.91 Å². The van der Waals surface area contributed by atoms with E-state index in [-0.39, 0.29) is 11.9 Å². The second kappa shape index (κ2) is 4.60. The van der Waals surface area contributed by atoms with Crippen molar-refractivity contribution in [3.8, 4) is 6.07 Å². The SMILES string of the molecule is N#CC1CNCCN1CC(=O)NC1CC1. The second-order valence-electron chi connectivity index (χ2n) is 4.16. The van der Waals surface area contributed by atoms with Crippen LogP contribution in [-0.2, 0) is 4.79 Å². The number of piperazine rings is 1. The number of carbonyl (C=O) groups excluding carboxylic acids is 1. The van der Waals surface area contributed by atoms with Crippen LogP contribution in [0.4, 0.5) is 0 Å². The lowest BCUT2D eigenvalue weighted by atomic mass is 10.2. The molecule has 0 bridgehead atoms. The van der Waals surface area contributed by atoms with Gasteiger partial charge in [0.25, 0.3) is 0 Å². The molecule has 1 aliphatic carbocycles. The van der Waals surface area contributed by atoms with Gasteiger partial charge in [0.15, 0.2) is 0 Å². The molecule has 0 radical (unpaired) electrons. The average molecular weight is 208 g/mol. The standard InChI is InChI=1S/C10H16N4O/c11-5-9-6-12-3-4-14(9)7-10(15)13-8-1-2-8/h8-9,12H,1-4,6-7H2,(H,13,15). The quantitative estimate of drug-likeness (QED) is 0.628. The maximum Gasteiger partial charge on any atom is 0.234 e. The van der Waals surface area contributed by atoms with Crippen LogP contribution < -0.4 is 10.6 Å². The van der Waals surface area contributed by atoms with E-state index < -0.39 is 0 Å². The summed E-state index contributed by atoms with van der Waals surface area (Å²) >= 11 is 0. The van der Waals surface area contributed by atoms with Crippen LogP contribution in [0.15, 0.2) is 0 Å². The molecule has 0 aromatic rings. The lowest BCUT2D eigenvalue weighted by Crippen LogP contribution is -2.53. The monoisotopic (exact) mass is 208 g/mol. The van der Waals surface area contributed by atoms with E-state index >= 15 is 0 Å². The van der Waals surface area contributed by atoms with E-state index in [0.29, 0.717) is 19.1 Å². The van der Waals surface area contributed by atoms with Gasteiger partial charge in [-0.2, -0.15) is 5.26 Å². The third kappa shape index (κ3) is 2.91. The molecule has 1 saturated heterocycles. The van der Waals surface area contributed by atoms with Gasteiger partial charge in [-0.1, -0.05) is 0 Å². The Bertz CT molecular complexity index is 282. The first kappa shape index (κ1) is 10.4. The molecule has 1 saturated carbocycles. The van der Waals surface area contributed by atoms with E-state index in [1.54, 1.807) is 0 Å². The predicted molar refractivity (Wildman–Crippen MR) is 55.0 cm³/mol. The molecule has 1 aliphatic heterocycles. The molecule has 5 nitrogen and oxygen atoms in total. The Balaban J connectivity index is 1.80. The van der Waals surface area contributed by atoms with Crippen LogP contribution in [0.25, 0.3) is 0 Å². The summed E-state index contributed by atoms with van der Waals surface area (Å²) in [6.07, 6.45) is 2.21. The van der Waals surface area contributed by atoms with Crippen LogP contribution in [0, 0.1) is 11.3 Å². The fourth-order valence-corrected chi connectivity index (χ4v) is 1.75. The molecule has 1 heterocycles. The lowest BCUT2D eigenvalue weighted by molar-refractivity contribution is -0.122. The van der Waals surface area contributed by atoms with Crippen molar-refractivity contribution in [2.75, 3.05) is 26.2 Å². The van der Waals surface area contributed by atoms with Gasteiger partial charge >= 0.3 is 0 Å². The highest BCUT2D eigenvalue weighted by atomic mass is 16.2. The fourth-order valence-electron chi connectivity index (χ4n) is 1.75. The Morgan fingerprint density at radius 3 is 3.07 bits per heavy atom. The first-order valence-electron chi connectivity index (χ1n) is 5.43. The van der Waals surface area contributed by atoms with Crippen molar-refractivity contribution in [1.29, 1.82) is 5.26 Å². The minimum Gasteiger partial charge on any atom is -0.352 e. The summed E-state index contributed by atoms with van der Waals surface area (Å²) in [5.41, 5.74) is 0. The number of hydrogen-bond donors (Lipinski definition) is 2. The number of nitrogens with one attached hydrogen (secondary N) is 2. The molecule has 1 unspecified atom stereocenters. The topological polar surface area (TPSA) is 68.2 Å². The molecule has 2 fully saturated rings. The summed E-state index contributed by atoms with van der Waals surface area (Å²) in [4.78, 5) is 13.5. The Kier molecular flexibility index (Phi) is 3.19. The van der Waals surface area contributed by atoms with Gasteiger partial charge in [-0.05, 0) is 12.8 Å². The molecule has 5 heteroatoms. The highest BCUT2D eigenvalue weighted by Crippen LogP contribution is 2.18. The molecule has 0 aromatic heterocycles. The summed E-state index contributed by atoms with van der Waals surface area (Å²) in [6.45, 7) is 2.65. The van der Waals surface area contributed by atoms with Crippen molar-refractivity contribution in [3.05, 3.63) is 0 Å². The minimum absolute atomic E-state index is 0.0552. The van der Waals surface area contributed by atoms with Crippen molar-refractivity contribution in [2.24, 2.45) is 0 Å². The van der Waals surface area contributed by atoms with Gasteiger partial charge in [0.1, 0.15) is 6.04 Å². The molecular formula is C10H16N4O. The van der Waals surface area contributed by atoms with E-state index in [2.05, 4.69) is 16.7 Å². The zero-order valence-electron chi connectivity index (χ0n) is 8.70. The van der Waals surface area contributed by atoms with Crippen LogP contribution in [0.3, 0.4) is 0 Å². The molecule has 0 aromatic carbocycles. The van der Waals surface area contributed by atoms with E-state index in [1.165, 1.54) is 0 Å². The number of hydrogen-bond acceptors (Lipinski definition) is 4. The van der Waals surface area contributed by atoms with Crippen molar-refractivity contribution >= 4 is 5.91 Å². The maximum absolute atomic E-state index is 11.5. The molecule has 1 amide bonds. The lowest BCUT2D eigenvalue weighted by Gasteiger charge is -2.31. The van der Waals surface area contributed by atoms with Crippen LogP contribution in [-0.4, -0.2) is 49.1 Å². The minimum atomic E-state index is -0.163. The number of nitrogens with zero attached hydrogens (tertiary/aromatic N) is 2. The highest BCUT2D eigenvalue weighted by Gasteiger charge is 2.27. The third-order valence-corrected chi connectivity index (χ3v) is 2.79. The van der Waals surface area contributed by atoms with Gasteiger partial charge in [0.05, 0.1) is 12.6 Å². The molecular weight excluding hydrogens is 192 g/mol. The summed E-state index contributed by atoms with van der Waals surface area (Å²) in [7, 11) is 0. The Hall–Kier alpha value is -1.12. The molecule has 2 aliphatic rings.